The van der Waals surface area contributed by atoms with Crippen LogP contribution < -0.4 is 4.90 Å². The molecule has 0 heterocycles. The molecule has 1 aromatic carbocycles. The second kappa shape index (κ2) is 5.98. The lowest BCUT2D eigenvalue weighted by Gasteiger charge is -2.22. The molecule has 1 rings (SSSR count). The first-order chi connectivity index (χ1) is 7.91. The summed E-state index contributed by atoms with van der Waals surface area (Å²) in [6, 6.07) is 4.87. The van der Waals surface area contributed by atoms with E-state index >= 15 is 0 Å². The first-order valence-electron chi connectivity index (χ1n) is 5.75. The smallest absolute Gasteiger partial charge is 0.146 e. The van der Waals surface area contributed by atoms with Gasteiger partial charge < -0.3 is 14.9 Å². The summed E-state index contributed by atoms with van der Waals surface area (Å²) < 4.78 is 13.8. The van der Waals surface area contributed by atoms with E-state index in [9.17, 15) is 9.50 Å². The second-order valence-corrected chi connectivity index (χ2v) is 4.61. The number of hydrogen-bond acceptors (Lipinski definition) is 3. The average molecular weight is 240 g/mol. The van der Waals surface area contributed by atoms with Crippen LogP contribution in [0, 0.1) is 5.82 Å². The van der Waals surface area contributed by atoms with Crippen LogP contribution in [0.1, 0.15) is 18.6 Å². The fourth-order valence-corrected chi connectivity index (χ4v) is 1.56. The van der Waals surface area contributed by atoms with Gasteiger partial charge in [0.1, 0.15) is 5.82 Å². The Bertz CT molecular complexity index is 366. The zero-order valence-electron chi connectivity index (χ0n) is 10.9. The van der Waals surface area contributed by atoms with Gasteiger partial charge in [-0.15, -0.1) is 0 Å². The normalized spacial score (nSPS) is 12.9. The fourth-order valence-electron chi connectivity index (χ4n) is 1.56. The Hall–Kier alpha value is -1.13. The van der Waals surface area contributed by atoms with Crippen molar-refractivity contribution >= 4 is 5.69 Å². The molecule has 17 heavy (non-hydrogen) atoms. The molecule has 0 aromatic heterocycles. The summed E-state index contributed by atoms with van der Waals surface area (Å²) in [7, 11) is 5.84. The van der Waals surface area contributed by atoms with E-state index in [-0.39, 0.29) is 5.82 Å². The van der Waals surface area contributed by atoms with E-state index in [1.807, 2.05) is 26.0 Å². The lowest BCUT2D eigenvalue weighted by atomic mass is 10.1. The maximum Gasteiger partial charge on any atom is 0.146 e. The maximum absolute atomic E-state index is 13.8. The molecular weight excluding hydrogens is 219 g/mol. The molecule has 3 nitrogen and oxygen atoms in total. The molecule has 0 aliphatic rings. The molecule has 4 heteroatoms. The average Bonchev–Trinajstić information content (AvgIpc) is 2.25. The molecule has 0 spiro atoms. The highest BCUT2D eigenvalue weighted by Gasteiger charge is 2.10. The van der Waals surface area contributed by atoms with Crippen molar-refractivity contribution in [3.05, 3.63) is 29.6 Å². The van der Waals surface area contributed by atoms with Gasteiger partial charge in [-0.05, 0) is 38.7 Å². The van der Waals surface area contributed by atoms with Crippen LogP contribution in [0.4, 0.5) is 10.1 Å². The summed E-state index contributed by atoms with van der Waals surface area (Å²) in [6.07, 6.45) is -0.634. The minimum Gasteiger partial charge on any atom is -0.389 e. The third-order valence-corrected chi connectivity index (χ3v) is 2.75. The van der Waals surface area contributed by atoms with Crippen molar-refractivity contribution in [3.8, 4) is 0 Å². The number of aliphatic hydroxyl groups excluding tert-OH is 1. The first kappa shape index (κ1) is 13.9. The predicted octanol–water partition coefficient (Wildman–Crippen LogP) is 1.88. The van der Waals surface area contributed by atoms with Crippen LogP contribution in [-0.4, -0.2) is 44.2 Å². The van der Waals surface area contributed by atoms with Gasteiger partial charge in [0.25, 0.3) is 0 Å². The van der Waals surface area contributed by atoms with Crippen LogP contribution in [-0.2, 0) is 0 Å². The third kappa shape index (κ3) is 3.98. The Morgan fingerprint density at radius 3 is 2.35 bits per heavy atom. The van der Waals surface area contributed by atoms with Gasteiger partial charge in [0, 0.05) is 20.1 Å². The highest BCUT2D eigenvalue weighted by Crippen LogP contribution is 2.22. The summed E-state index contributed by atoms with van der Waals surface area (Å²) >= 11 is 0. The van der Waals surface area contributed by atoms with E-state index in [4.69, 9.17) is 0 Å². The number of hydrogen-bond donors (Lipinski definition) is 1. The van der Waals surface area contributed by atoms with E-state index in [0.29, 0.717) is 11.3 Å². The highest BCUT2D eigenvalue weighted by molar-refractivity contribution is 5.48. The second-order valence-electron chi connectivity index (χ2n) is 4.61. The van der Waals surface area contributed by atoms with Crippen LogP contribution in [0.25, 0.3) is 0 Å². The van der Waals surface area contributed by atoms with Gasteiger partial charge in [-0.2, -0.15) is 0 Å². The van der Waals surface area contributed by atoms with Crippen molar-refractivity contribution in [3.63, 3.8) is 0 Å². The molecule has 1 N–H and O–H groups in total. The summed E-state index contributed by atoms with van der Waals surface area (Å²) in [6.45, 7) is 3.26. The molecule has 0 radical (unpaired) electrons. The minimum absolute atomic E-state index is 0.287. The van der Waals surface area contributed by atoms with Crippen LogP contribution in [0.15, 0.2) is 18.2 Å². The van der Waals surface area contributed by atoms with E-state index in [0.717, 1.165) is 13.1 Å². The van der Waals surface area contributed by atoms with Gasteiger partial charge in [0.2, 0.25) is 0 Å². The van der Waals surface area contributed by atoms with Crippen LogP contribution >= 0.6 is 0 Å². The van der Waals surface area contributed by atoms with Crippen molar-refractivity contribution in [1.29, 1.82) is 0 Å². The molecule has 0 amide bonds. The maximum atomic E-state index is 13.8. The third-order valence-electron chi connectivity index (χ3n) is 2.75. The lowest BCUT2D eigenvalue weighted by molar-refractivity contribution is 0.199. The quantitative estimate of drug-likeness (QED) is 0.851. The fraction of sp³-hybridized carbons (Fsp3) is 0.538. The van der Waals surface area contributed by atoms with Crippen LogP contribution in [0.2, 0.25) is 0 Å². The van der Waals surface area contributed by atoms with Gasteiger partial charge in [0.15, 0.2) is 0 Å². The van der Waals surface area contributed by atoms with Crippen molar-refractivity contribution in [2.24, 2.45) is 0 Å². The number of nitrogens with zero attached hydrogens (tertiary/aromatic N) is 2. The molecule has 1 atom stereocenters. The van der Waals surface area contributed by atoms with E-state index in [1.165, 1.54) is 6.07 Å². The molecule has 0 bridgehead atoms. The topological polar surface area (TPSA) is 26.7 Å². The van der Waals surface area contributed by atoms with Crippen molar-refractivity contribution in [1.82, 2.24) is 4.90 Å². The largest absolute Gasteiger partial charge is 0.389 e. The molecule has 0 saturated carbocycles. The molecule has 0 fully saturated rings. The highest BCUT2D eigenvalue weighted by atomic mass is 19.1. The zero-order chi connectivity index (χ0) is 13.0. The van der Waals surface area contributed by atoms with E-state index < -0.39 is 6.10 Å². The minimum atomic E-state index is -0.634. The summed E-state index contributed by atoms with van der Waals surface area (Å²) in [5.41, 5.74) is 1.17. The molecule has 0 aliphatic carbocycles. The summed E-state index contributed by atoms with van der Waals surface area (Å²) in [4.78, 5) is 3.93. The molecule has 1 aromatic rings. The molecular formula is C13H21FN2O. The monoisotopic (exact) mass is 240 g/mol. The first-order valence-corrected chi connectivity index (χ1v) is 5.75. The molecule has 96 valence electrons. The lowest BCUT2D eigenvalue weighted by Crippen LogP contribution is -2.29. The number of aliphatic hydroxyl groups is 1. The van der Waals surface area contributed by atoms with Crippen molar-refractivity contribution in [2.75, 3.05) is 39.1 Å². The Kier molecular flexibility index (Phi) is 4.90. The molecule has 0 saturated heterocycles. The van der Waals surface area contributed by atoms with Gasteiger partial charge >= 0.3 is 0 Å². The Morgan fingerprint density at radius 2 is 1.88 bits per heavy atom. The van der Waals surface area contributed by atoms with Crippen molar-refractivity contribution in [2.45, 2.75) is 13.0 Å². The van der Waals surface area contributed by atoms with Gasteiger partial charge in [0.05, 0.1) is 11.8 Å². The number of halogens is 1. The van der Waals surface area contributed by atoms with Crippen LogP contribution in [0.5, 0.6) is 0 Å². The summed E-state index contributed by atoms with van der Waals surface area (Å²) in [5, 5.41) is 9.37. The zero-order valence-corrected chi connectivity index (χ0v) is 10.9. The number of likely N-dealkylation sites (N-methyl/N-ethyl adjacent to an activating group) is 2. The Morgan fingerprint density at radius 1 is 1.24 bits per heavy atom. The predicted molar refractivity (Wildman–Crippen MR) is 68.9 cm³/mol. The van der Waals surface area contributed by atoms with E-state index in [2.05, 4.69) is 4.90 Å². The van der Waals surface area contributed by atoms with Crippen molar-refractivity contribution < 1.29 is 9.50 Å². The Labute approximate surface area is 102 Å². The number of benzene rings is 1. The van der Waals surface area contributed by atoms with Gasteiger partial charge in [-0.1, -0.05) is 6.07 Å². The Balaban J connectivity index is 2.77. The van der Waals surface area contributed by atoms with Gasteiger partial charge in [-0.25, -0.2) is 4.39 Å². The number of anilines is 1. The summed E-state index contributed by atoms with van der Waals surface area (Å²) in [5.74, 6) is -0.287. The molecule has 0 unspecified atom stereocenters. The van der Waals surface area contributed by atoms with Gasteiger partial charge in [-0.3, -0.25) is 0 Å². The SMILES string of the molecule is C[C@H](O)c1ccc(N(C)CCN(C)C)c(F)c1. The van der Waals surface area contributed by atoms with E-state index in [1.54, 1.807) is 19.1 Å². The molecule has 0 aliphatic heterocycles. The standard InChI is InChI=1S/C13H21FN2O/c1-10(17)11-5-6-13(12(14)9-11)16(4)8-7-15(2)3/h5-6,9-10,17H,7-8H2,1-4H3/t10-/m0/s1. The van der Waals surface area contributed by atoms with Crippen LogP contribution in [0.3, 0.4) is 0 Å². The number of rotatable bonds is 5.